The predicted octanol–water partition coefficient (Wildman–Crippen LogP) is -1.74. The second kappa shape index (κ2) is 2.49. The number of nitrogens with zero attached hydrogens (tertiary/aromatic N) is 1. The van der Waals surface area contributed by atoms with E-state index in [9.17, 15) is 9.59 Å². The van der Waals surface area contributed by atoms with Gasteiger partial charge in [-0.3, -0.25) is 4.79 Å². The Balaban J connectivity index is 3.50. The van der Waals surface area contributed by atoms with Gasteiger partial charge in [0.1, 0.15) is 0 Å². The average molecular weight is 157 g/mol. The fraction of sp³-hybridized carbons (Fsp3) is 0.200. The number of hydrogen-bond donors (Lipinski definition) is 2. The van der Waals surface area contributed by atoms with Gasteiger partial charge in [-0.15, -0.1) is 0 Å². The van der Waals surface area contributed by atoms with E-state index in [4.69, 9.17) is 5.84 Å². The van der Waals surface area contributed by atoms with Crippen LogP contribution in [0.4, 0.5) is 0 Å². The van der Waals surface area contributed by atoms with Crippen molar-refractivity contribution in [3.8, 4) is 5.75 Å². The number of nitrogens with one attached hydrogen (secondary N) is 1. The van der Waals surface area contributed by atoms with Gasteiger partial charge in [-0.25, -0.2) is 4.79 Å². The molecule has 0 amide bonds. The summed E-state index contributed by atoms with van der Waals surface area (Å²) in [6.45, 7) is 0. The van der Waals surface area contributed by atoms with Gasteiger partial charge in [0.25, 0.3) is 0 Å². The van der Waals surface area contributed by atoms with Crippen LogP contribution in [0.2, 0.25) is 0 Å². The van der Waals surface area contributed by atoms with E-state index in [-0.39, 0.29) is 5.75 Å². The summed E-state index contributed by atoms with van der Waals surface area (Å²) < 4.78 is 5.04. The van der Waals surface area contributed by atoms with Crippen molar-refractivity contribution in [2.45, 2.75) is 0 Å². The van der Waals surface area contributed by atoms with Crippen LogP contribution in [0, 0.1) is 0 Å². The topological polar surface area (TPSA) is 90.1 Å². The molecule has 0 atom stereocenters. The van der Waals surface area contributed by atoms with E-state index < -0.39 is 11.2 Å². The van der Waals surface area contributed by atoms with E-state index in [1.807, 2.05) is 0 Å². The summed E-state index contributed by atoms with van der Waals surface area (Å²) in [5, 5.41) is 0. The number of nitrogen functional groups attached to an aromatic ring is 1. The highest BCUT2D eigenvalue weighted by atomic mass is 16.5. The molecule has 0 fully saturated rings. The Bertz CT molecular complexity index is 364. The summed E-state index contributed by atoms with van der Waals surface area (Å²) >= 11 is 0. The fourth-order valence-corrected chi connectivity index (χ4v) is 0.616. The van der Waals surface area contributed by atoms with Crippen molar-refractivity contribution in [1.29, 1.82) is 0 Å². The van der Waals surface area contributed by atoms with Crippen molar-refractivity contribution in [2.75, 3.05) is 13.0 Å². The Morgan fingerprint density at radius 1 is 1.64 bits per heavy atom. The lowest BCUT2D eigenvalue weighted by Gasteiger charge is -1.98. The first-order valence-electron chi connectivity index (χ1n) is 2.80. The fourth-order valence-electron chi connectivity index (χ4n) is 0.616. The Hall–Kier alpha value is -1.72. The molecule has 6 nitrogen and oxygen atoms in total. The molecule has 0 bridgehead atoms. The van der Waals surface area contributed by atoms with Gasteiger partial charge in [0.2, 0.25) is 5.75 Å². The van der Waals surface area contributed by atoms with Crippen molar-refractivity contribution in [3.63, 3.8) is 0 Å². The van der Waals surface area contributed by atoms with E-state index in [1.54, 1.807) is 0 Å². The van der Waals surface area contributed by atoms with Gasteiger partial charge in [-0.2, -0.15) is 4.68 Å². The van der Waals surface area contributed by atoms with Gasteiger partial charge < -0.3 is 15.6 Å². The lowest BCUT2D eigenvalue weighted by molar-refractivity contribution is 0.401. The van der Waals surface area contributed by atoms with Crippen LogP contribution in [0.3, 0.4) is 0 Å². The van der Waals surface area contributed by atoms with E-state index in [0.717, 1.165) is 6.20 Å². The van der Waals surface area contributed by atoms with Crippen molar-refractivity contribution >= 4 is 0 Å². The molecule has 1 rings (SSSR count). The average Bonchev–Trinajstić information content (AvgIpc) is 2.01. The highest BCUT2D eigenvalue weighted by Crippen LogP contribution is 1.92. The molecule has 1 aromatic heterocycles. The molecule has 3 N–H and O–H groups in total. The molecule has 0 aromatic carbocycles. The zero-order valence-corrected chi connectivity index (χ0v) is 5.83. The second-order valence-corrected chi connectivity index (χ2v) is 1.84. The largest absolute Gasteiger partial charge is 0.490 e. The minimum absolute atomic E-state index is 0.00657. The molecule has 0 radical (unpaired) electrons. The summed E-state index contributed by atoms with van der Waals surface area (Å²) in [6, 6.07) is 0. The SMILES string of the molecule is COc1c[nH]c(=O)n(N)c1=O. The van der Waals surface area contributed by atoms with E-state index in [0.29, 0.717) is 4.68 Å². The van der Waals surface area contributed by atoms with Gasteiger partial charge in [0.15, 0.2) is 0 Å². The van der Waals surface area contributed by atoms with Crippen LogP contribution in [0.25, 0.3) is 0 Å². The van der Waals surface area contributed by atoms with Gasteiger partial charge in [0, 0.05) is 0 Å². The molecule has 1 aromatic rings. The molecule has 6 heteroatoms. The molecular weight excluding hydrogens is 150 g/mol. The van der Waals surface area contributed by atoms with E-state index >= 15 is 0 Å². The van der Waals surface area contributed by atoms with Crippen molar-refractivity contribution in [2.24, 2.45) is 0 Å². The molecule has 0 saturated heterocycles. The zero-order valence-electron chi connectivity index (χ0n) is 5.83. The number of nitrogens with two attached hydrogens (primary N) is 1. The van der Waals surface area contributed by atoms with Crippen molar-refractivity contribution < 1.29 is 4.74 Å². The monoisotopic (exact) mass is 157 g/mol. The molecule has 0 aliphatic rings. The normalized spacial score (nSPS) is 9.55. The molecule has 0 unspecified atom stereocenters. The molecule has 0 aliphatic heterocycles. The Morgan fingerprint density at radius 2 is 2.27 bits per heavy atom. The molecule has 11 heavy (non-hydrogen) atoms. The van der Waals surface area contributed by atoms with Gasteiger partial charge in [-0.1, -0.05) is 0 Å². The van der Waals surface area contributed by atoms with Crippen LogP contribution >= 0.6 is 0 Å². The molecule has 60 valence electrons. The van der Waals surface area contributed by atoms with Crippen LogP contribution in [0.15, 0.2) is 15.8 Å². The van der Waals surface area contributed by atoms with Crippen LogP contribution in [-0.2, 0) is 0 Å². The zero-order chi connectivity index (χ0) is 8.43. The molecule has 0 saturated carbocycles. The summed E-state index contributed by atoms with van der Waals surface area (Å²) in [7, 11) is 1.31. The lowest BCUT2D eigenvalue weighted by atomic mass is 10.6. The van der Waals surface area contributed by atoms with Crippen LogP contribution in [-0.4, -0.2) is 16.8 Å². The number of aromatic nitrogens is 2. The van der Waals surface area contributed by atoms with Gasteiger partial charge in [0.05, 0.1) is 13.3 Å². The maximum absolute atomic E-state index is 10.9. The third-order valence-electron chi connectivity index (χ3n) is 1.20. The number of ether oxygens (including phenoxy) is 1. The molecule has 1 heterocycles. The lowest BCUT2D eigenvalue weighted by Crippen LogP contribution is -2.40. The van der Waals surface area contributed by atoms with Crippen molar-refractivity contribution in [1.82, 2.24) is 9.66 Å². The Kier molecular flexibility index (Phi) is 1.67. The van der Waals surface area contributed by atoms with Crippen LogP contribution < -0.4 is 21.8 Å². The maximum atomic E-state index is 10.9. The Labute approximate surface area is 61.2 Å². The molecular formula is C5H7N3O3. The number of methoxy groups -OCH3 is 1. The number of aromatic amines is 1. The Morgan fingerprint density at radius 3 is 2.82 bits per heavy atom. The first-order valence-corrected chi connectivity index (χ1v) is 2.80. The van der Waals surface area contributed by atoms with Gasteiger partial charge >= 0.3 is 11.2 Å². The summed E-state index contributed by atoms with van der Waals surface area (Å²) in [5.41, 5.74) is -1.33. The smallest absolute Gasteiger partial charge is 0.347 e. The predicted molar refractivity (Wildman–Crippen MR) is 38.0 cm³/mol. The molecule has 0 aliphatic carbocycles. The molecule has 0 spiro atoms. The quantitative estimate of drug-likeness (QED) is 0.473. The first kappa shape index (κ1) is 7.39. The maximum Gasteiger partial charge on any atom is 0.347 e. The first-order chi connectivity index (χ1) is 5.16. The third-order valence-corrected chi connectivity index (χ3v) is 1.20. The number of rotatable bonds is 1. The third kappa shape index (κ3) is 1.09. The minimum Gasteiger partial charge on any atom is -0.490 e. The summed E-state index contributed by atoms with van der Waals surface area (Å²) in [5.74, 6) is 5.05. The van der Waals surface area contributed by atoms with Crippen LogP contribution in [0.5, 0.6) is 5.75 Å². The number of H-pyrrole nitrogens is 1. The van der Waals surface area contributed by atoms with Crippen LogP contribution in [0.1, 0.15) is 0 Å². The summed E-state index contributed by atoms with van der Waals surface area (Å²) in [6.07, 6.45) is 1.16. The van der Waals surface area contributed by atoms with E-state index in [2.05, 4.69) is 9.72 Å². The number of hydrogen-bond acceptors (Lipinski definition) is 4. The second-order valence-electron chi connectivity index (χ2n) is 1.84. The minimum atomic E-state index is -0.671. The highest BCUT2D eigenvalue weighted by molar-refractivity contribution is 5.11. The van der Waals surface area contributed by atoms with Gasteiger partial charge in [-0.05, 0) is 0 Å². The highest BCUT2D eigenvalue weighted by Gasteiger charge is 2.02. The van der Waals surface area contributed by atoms with E-state index in [1.165, 1.54) is 7.11 Å². The standard InChI is InChI=1S/C5H7N3O3/c1-11-3-2-7-5(10)8(6)4(3)9/h2H,6H2,1H3,(H,7,10). The van der Waals surface area contributed by atoms with Crippen molar-refractivity contribution in [3.05, 3.63) is 27.0 Å². The summed E-state index contributed by atoms with van der Waals surface area (Å²) in [4.78, 5) is 23.8.